The molecule has 188 valence electrons. The molecule has 4 rings (SSSR count). The van der Waals surface area contributed by atoms with E-state index >= 15 is 0 Å². The van der Waals surface area contributed by atoms with Gasteiger partial charge in [0.05, 0.1) is 0 Å². The summed E-state index contributed by atoms with van der Waals surface area (Å²) in [6.07, 6.45) is 0. The molecule has 0 aromatic heterocycles. The molecule has 1 heterocycles. The molecule has 0 unspecified atom stereocenters. The molecule has 0 radical (unpaired) electrons. The van der Waals surface area contributed by atoms with Crippen LogP contribution in [0.2, 0.25) is 0 Å². The zero-order valence-electron chi connectivity index (χ0n) is 18.4. The molecule has 1 aliphatic heterocycles. The number of halogens is 6. The number of thiocarbonyl (C=S) groups is 1. The molecule has 1 aliphatic rings. The highest BCUT2D eigenvalue weighted by molar-refractivity contribution is 14.1. The summed E-state index contributed by atoms with van der Waals surface area (Å²) in [7, 11) is 0. The number of piperazine rings is 1. The summed E-state index contributed by atoms with van der Waals surface area (Å²) >= 11 is 7.32. The van der Waals surface area contributed by atoms with E-state index in [0.29, 0.717) is 24.3 Å². The van der Waals surface area contributed by atoms with Gasteiger partial charge in [-0.3, -0.25) is 10.1 Å². The second-order valence-corrected chi connectivity index (χ2v) is 9.51. The van der Waals surface area contributed by atoms with E-state index in [0.717, 1.165) is 14.2 Å². The predicted molar refractivity (Wildman–Crippen MR) is 140 cm³/mol. The monoisotopic (exact) mass is 632 g/mol. The van der Waals surface area contributed by atoms with Crippen LogP contribution < -0.4 is 20.4 Å². The zero-order valence-corrected chi connectivity index (χ0v) is 21.4. The second kappa shape index (κ2) is 10.9. The number of nitrogens with zero attached hydrogens (tertiary/aromatic N) is 2. The summed E-state index contributed by atoms with van der Waals surface area (Å²) in [5.41, 5.74) is 0.996. The van der Waals surface area contributed by atoms with Crippen molar-refractivity contribution in [3.63, 3.8) is 0 Å². The number of hydrogen-bond donors (Lipinski definition) is 2. The fraction of sp³-hybridized carbons (Fsp3) is 0.167. The Morgan fingerprint density at radius 3 is 1.94 bits per heavy atom. The maximum absolute atomic E-state index is 14.1. The summed E-state index contributed by atoms with van der Waals surface area (Å²) in [5, 5.41) is 5.67. The molecule has 1 fully saturated rings. The van der Waals surface area contributed by atoms with Gasteiger partial charge in [0, 0.05) is 46.7 Å². The number of carbonyl (C=O) groups is 1. The van der Waals surface area contributed by atoms with Crippen molar-refractivity contribution in [3.05, 3.63) is 86.8 Å². The maximum Gasteiger partial charge on any atom is 0.257 e. The molecule has 0 bridgehead atoms. The van der Waals surface area contributed by atoms with E-state index in [1.54, 1.807) is 42.5 Å². The zero-order chi connectivity index (χ0) is 26.0. The van der Waals surface area contributed by atoms with E-state index in [2.05, 4.69) is 33.2 Å². The molecular formula is C24H18F5IN4OS. The minimum Gasteiger partial charge on any atom is -0.368 e. The fourth-order valence-corrected chi connectivity index (χ4v) is 4.54. The summed E-state index contributed by atoms with van der Waals surface area (Å²) in [6, 6.07) is 14.1. The number of carbonyl (C=O) groups excluding carboxylic acids is 1. The second-order valence-electron chi connectivity index (χ2n) is 7.86. The molecule has 3 aromatic carbocycles. The molecule has 12 heteroatoms. The molecule has 0 saturated carbocycles. The third-order valence-corrected chi connectivity index (χ3v) is 6.46. The normalized spacial score (nSPS) is 13.5. The van der Waals surface area contributed by atoms with Crippen LogP contribution in [-0.4, -0.2) is 37.2 Å². The highest BCUT2D eigenvalue weighted by Crippen LogP contribution is 2.31. The van der Waals surface area contributed by atoms with Crippen molar-refractivity contribution < 1.29 is 26.7 Å². The molecule has 0 spiro atoms. The lowest BCUT2D eigenvalue weighted by molar-refractivity contribution is 0.0977. The Labute approximate surface area is 222 Å². The first-order chi connectivity index (χ1) is 17.2. The minimum absolute atomic E-state index is 0.0624. The van der Waals surface area contributed by atoms with Gasteiger partial charge in [0.2, 0.25) is 5.82 Å². The van der Waals surface area contributed by atoms with Crippen LogP contribution in [0.5, 0.6) is 0 Å². The topological polar surface area (TPSA) is 47.6 Å². The Morgan fingerprint density at radius 1 is 0.806 bits per heavy atom. The van der Waals surface area contributed by atoms with Crippen LogP contribution in [0.3, 0.4) is 0 Å². The number of benzene rings is 3. The van der Waals surface area contributed by atoms with Crippen LogP contribution in [0.1, 0.15) is 10.4 Å². The third kappa shape index (κ3) is 5.53. The molecule has 0 atom stereocenters. The van der Waals surface area contributed by atoms with Gasteiger partial charge in [-0.1, -0.05) is 6.07 Å². The van der Waals surface area contributed by atoms with E-state index < -0.39 is 34.8 Å². The molecule has 36 heavy (non-hydrogen) atoms. The van der Waals surface area contributed by atoms with Crippen LogP contribution in [0.15, 0.2) is 48.5 Å². The Morgan fingerprint density at radius 2 is 1.36 bits per heavy atom. The Hall–Kier alpha value is -3.00. The van der Waals surface area contributed by atoms with E-state index in [1.165, 1.54) is 0 Å². The number of hydrogen-bond acceptors (Lipinski definition) is 4. The lowest BCUT2D eigenvalue weighted by atomic mass is 10.2. The molecule has 3 aromatic rings. The van der Waals surface area contributed by atoms with Crippen molar-refractivity contribution in [2.75, 3.05) is 41.3 Å². The van der Waals surface area contributed by atoms with Crippen molar-refractivity contribution in [1.29, 1.82) is 0 Å². The first-order valence-corrected chi connectivity index (χ1v) is 12.1. The van der Waals surface area contributed by atoms with Crippen LogP contribution >= 0.6 is 34.8 Å². The van der Waals surface area contributed by atoms with Crippen LogP contribution in [0.4, 0.5) is 39.0 Å². The summed E-state index contributed by atoms with van der Waals surface area (Å²) in [5.74, 6) is -10.1. The highest BCUT2D eigenvalue weighted by atomic mass is 127. The SMILES string of the molecule is O=C(NC(=S)Nc1ccc(N2CCN(c3c(F)c(F)c(F)c(F)c3F)CC2)cc1)c1cccc(I)c1. The number of anilines is 3. The Bertz CT molecular complexity index is 1290. The first kappa shape index (κ1) is 26.1. The van der Waals surface area contributed by atoms with Gasteiger partial charge < -0.3 is 15.1 Å². The van der Waals surface area contributed by atoms with Gasteiger partial charge in [0.1, 0.15) is 5.69 Å². The third-order valence-electron chi connectivity index (χ3n) is 5.59. The number of rotatable bonds is 4. The van der Waals surface area contributed by atoms with Crippen molar-refractivity contribution in [3.8, 4) is 0 Å². The summed E-state index contributed by atoms with van der Waals surface area (Å²) < 4.78 is 69.6. The largest absolute Gasteiger partial charge is 0.368 e. The van der Waals surface area contributed by atoms with Gasteiger partial charge in [0.15, 0.2) is 28.4 Å². The lowest BCUT2D eigenvalue weighted by Crippen LogP contribution is -2.47. The molecule has 1 amide bonds. The molecule has 1 saturated heterocycles. The quantitative estimate of drug-likeness (QED) is 0.132. The van der Waals surface area contributed by atoms with Gasteiger partial charge in [-0.05, 0) is 77.3 Å². The molecule has 2 N–H and O–H groups in total. The van der Waals surface area contributed by atoms with Gasteiger partial charge in [0.25, 0.3) is 5.91 Å². The smallest absolute Gasteiger partial charge is 0.257 e. The number of nitrogens with one attached hydrogen (secondary N) is 2. The van der Waals surface area contributed by atoms with Gasteiger partial charge in [-0.15, -0.1) is 0 Å². The van der Waals surface area contributed by atoms with Crippen LogP contribution in [0, 0.1) is 32.7 Å². The van der Waals surface area contributed by atoms with Crippen molar-refractivity contribution in [2.45, 2.75) is 0 Å². The predicted octanol–water partition coefficient (Wildman–Crippen LogP) is 5.44. The summed E-state index contributed by atoms with van der Waals surface area (Å²) in [4.78, 5) is 15.4. The average molecular weight is 632 g/mol. The molecular weight excluding hydrogens is 614 g/mol. The van der Waals surface area contributed by atoms with E-state index in [-0.39, 0.29) is 24.1 Å². The van der Waals surface area contributed by atoms with Crippen molar-refractivity contribution in [1.82, 2.24) is 5.32 Å². The summed E-state index contributed by atoms with van der Waals surface area (Å²) in [6.45, 7) is 0.729. The van der Waals surface area contributed by atoms with Gasteiger partial charge in [-0.2, -0.15) is 0 Å². The average Bonchev–Trinajstić information content (AvgIpc) is 2.87. The van der Waals surface area contributed by atoms with Crippen LogP contribution in [0.25, 0.3) is 0 Å². The molecule has 5 nitrogen and oxygen atoms in total. The highest BCUT2D eigenvalue weighted by Gasteiger charge is 2.30. The first-order valence-electron chi connectivity index (χ1n) is 10.6. The number of amides is 1. The van der Waals surface area contributed by atoms with Crippen molar-refractivity contribution in [2.24, 2.45) is 0 Å². The Balaban J connectivity index is 1.35. The Kier molecular flexibility index (Phi) is 7.93. The van der Waals surface area contributed by atoms with Gasteiger partial charge in [-0.25, -0.2) is 22.0 Å². The van der Waals surface area contributed by atoms with Crippen molar-refractivity contribution >= 4 is 62.9 Å². The van der Waals surface area contributed by atoms with E-state index in [4.69, 9.17) is 12.2 Å². The maximum atomic E-state index is 14.1. The lowest BCUT2D eigenvalue weighted by Gasteiger charge is -2.37. The van der Waals surface area contributed by atoms with Crippen LogP contribution in [-0.2, 0) is 0 Å². The minimum atomic E-state index is -2.17. The van der Waals surface area contributed by atoms with Gasteiger partial charge >= 0.3 is 0 Å². The fourth-order valence-electron chi connectivity index (χ4n) is 3.78. The molecule has 0 aliphatic carbocycles. The van der Waals surface area contributed by atoms with E-state index in [9.17, 15) is 26.7 Å². The standard InChI is InChI=1S/C24H18F5IN4OS/c25-17-18(26)20(28)22(21(29)19(17)27)34-10-8-33(9-11-34)16-6-4-15(5-7-16)31-24(36)32-23(35)13-2-1-3-14(30)12-13/h1-7,12H,8-11H2,(H2,31,32,35,36). The van der Waals surface area contributed by atoms with E-state index in [1.807, 2.05) is 11.0 Å².